The molecule has 7 heteroatoms. The van der Waals surface area contributed by atoms with Gasteiger partial charge in [0.05, 0.1) is 0 Å². The zero-order chi connectivity index (χ0) is 6.57. The number of aliphatic carboxylic acids is 1. The van der Waals surface area contributed by atoms with Crippen LogP contribution >= 0.6 is 0 Å². The van der Waals surface area contributed by atoms with E-state index >= 15 is 0 Å². The van der Waals surface area contributed by atoms with Crippen molar-refractivity contribution < 1.29 is 19.8 Å². The molecule has 0 amide bonds. The molecule has 0 aromatic heterocycles. The first-order valence-electron chi connectivity index (χ1n) is 1.62. The van der Waals surface area contributed by atoms with E-state index in [9.17, 15) is 14.9 Å². The molecule has 0 aliphatic rings. The molecule has 0 atom stereocenters. The normalized spacial score (nSPS) is 7.11. The van der Waals surface area contributed by atoms with E-state index in [2.05, 4.69) is 4.84 Å². The van der Waals surface area contributed by atoms with Crippen molar-refractivity contribution in [2.75, 3.05) is 6.61 Å². The minimum atomic E-state index is -1.36. The molecule has 48 valence electrons. The number of carboxylic acids is 1. The molecule has 0 saturated carbocycles. The fraction of sp³-hybridized carbons (Fsp3) is 0.500. The molecule has 0 radical (unpaired) electrons. The van der Waals surface area contributed by atoms with Gasteiger partial charge in [-0.25, -0.2) is 0 Å². The van der Waals surface area contributed by atoms with Crippen LogP contribution in [-0.2, 0) is 9.63 Å². The van der Waals surface area contributed by atoms with Gasteiger partial charge in [-0.05, 0) is 0 Å². The van der Waals surface area contributed by atoms with Gasteiger partial charge in [-0.1, -0.05) is 0 Å². The topological polar surface area (TPSA) is 89.7 Å². The summed E-state index contributed by atoms with van der Waals surface area (Å²) in [6.45, 7) is -0.896. The molecular weight excluding hydrogens is 141 g/mol. The Kier molecular flexibility index (Phi) is 7.39. The summed E-state index contributed by atoms with van der Waals surface area (Å²) in [5.74, 6) is -1.36. The van der Waals surface area contributed by atoms with E-state index in [-0.39, 0.29) is 29.6 Å². The first-order valence-corrected chi connectivity index (χ1v) is 1.62. The van der Waals surface area contributed by atoms with E-state index in [4.69, 9.17) is 5.11 Å². The zero-order valence-electron chi connectivity index (χ0n) is 3.73. The Balaban J connectivity index is 0. The summed E-state index contributed by atoms with van der Waals surface area (Å²) in [5, 5.41) is 15.8. The standard InChI is InChI=1S/C2H3NO5.Na.H/c4-2(5)1-8-3(6)7;;/h1H2,(H,4,5);;. The van der Waals surface area contributed by atoms with Crippen LogP contribution in [0.2, 0.25) is 0 Å². The molecule has 0 spiro atoms. The molecule has 9 heavy (non-hydrogen) atoms. The van der Waals surface area contributed by atoms with E-state index < -0.39 is 17.7 Å². The third-order valence-corrected chi connectivity index (χ3v) is 0.293. The first kappa shape index (κ1) is 11.5. The van der Waals surface area contributed by atoms with Crippen molar-refractivity contribution >= 4 is 35.5 Å². The Morgan fingerprint density at radius 2 is 2.22 bits per heavy atom. The van der Waals surface area contributed by atoms with Gasteiger partial charge >= 0.3 is 35.5 Å². The zero-order valence-corrected chi connectivity index (χ0v) is 3.73. The van der Waals surface area contributed by atoms with Gasteiger partial charge in [-0.2, -0.15) is 0 Å². The van der Waals surface area contributed by atoms with E-state index in [0.717, 1.165) is 0 Å². The summed E-state index contributed by atoms with van der Waals surface area (Å²) in [4.78, 5) is 22.1. The predicted octanol–water partition coefficient (Wildman–Crippen LogP) is -1.37. The first-order chi connectivity index (χ1) is 3.63. The Hall–Kier alpha value is -0.330. The second kappa shape index (κ2) is 5.80. The second-order valence-corrected chi connectivity index (χ2v) is 0.891. The van der Waals surface area contributed by atoms with Gasteiger partial charge in [0.2, 0.25) is 0 Å². The van der Waals surface area contributed by atoms with Gasteiger partial charge in [0.25, 0.3) is 5.09 Å². The number of hydrogen-bond donors (Lipinski definition) is 1. The molecule has 0 saturated heterocycles. The quantitative estimate of drug-likeness (QED) is 0.300. The summed E-state index contributed by atoms with van der Waals surface area (Å²) in [7, 11) is 0. The molecule has 0 heterocycles. The Morgan fingerprint density at radius 1 is 1.78 bits per heavy atom. The molecule has 0 aliphatic carbocycles. The fourth-order valence-electron chi connectivity index (χ4n) is 0.108. The molecule has 0 aromatic rings. The van der Waals surface area contributed by atoms with Crippen LogP contribution in [0.3, 0.4) is 0 Å². The van der Waals surface area contributed by atoms with Crippen molar-refractivity contribution in [3.05, 3.63) is 10.1 Å². The molecule has 0 bridgehead atoms. The summed E-state index contributed by atoms with van der Waals surface area (Å²) < 4.78 is 0. The molecule has 0 rings (SSSR count). The maximum atomic E-state index is 9.47. The van der Waals surface area contributed by atoms with Crippen LogP contribution in [0, 0.1) is 10.1 Å². The number of hydrogen-bond acceptors (Lipinski definition) is 4. The van der Waals surface area contributed by atoms with Crippen LogP contribution in [-0.4, -0.2) is 52.3 Å². The maximum absolute atomic E-state index is 9.47. The Morgan fingerprint density at radius 3 is 2.33 bits per heavy atom. The third-order valence-electron chi connectivity index (χ3n) is 0.293. The van der Waals surface area contributed by atoms with Crippen LogP contribution in [0.1, 0.15) is 0 Å². The van der Waals surface area contributed by atoms with E-state index in [0.29, 0.717) is 0 Å². The van der Waals surface area contributed by atoms with Gasteiger partial charge in [0.15, 0.2) is 6.61 Å². The molecule has 1 N–H and O–H groups in total. The number of carboxylic acid groups (broad SMARTS) is 1. The van der Waals surface area contributed by atoms with Gasteiger partial charge in [-0.3, -0.25) is 4.79 Å². The molecule has 0 aliphatic heterocycles. The van der Waals surface area contributed by atoms with Crippen LogP contribution in [0.5, 0.6) is 0 Å². The van der Waals surface area contributed by atoms with Crippen molar-refractivity contribution in [1.82, 2.24) is 0 Å². The number of rotatable bonds is 3. The predicted molar refractivity (Wildman–Crippen MR) is 27.7 cm³/mol. The van der Waals surface area contributed by atoms with E-state index in [1.807, 2.05) is 0 Å². The van der Waals surface area contributed by atoms with Gasteiger partial charge in [-0.15, -0.1) is 10.1 Å². The van der Waals surface area contributed by atoms with Crippen molar-refractivity contribution in [3.8, 4) is 0 Å². The van der Waals surface area contributed by atoms with Crippen molar-refractivity contribution in [1.29, 1.82) is 0 Å². The van der Waals surface area contributed by atoms with Crippen molar-refractivity contribution in [2.24, 2.45) is 0 Å². The van der Waals surface area contributed by atoms with Crippen molar-refractivity contribution in [2.45, 2.75) is 0 Å². The molecule has 0 aromatic carbocycles. The number of carbonyl (C=O) groups is 1. The van der Waals surface area contributed by atoms with E-state index in [1.54, 1.807) is 0 Å². The summed E-state index contributed by atoms with van der Waals surface area (Å²) >= 11 is 0. The minimum absolute atomic E-state index is 0. The van der Waals surface area contributed by atoms with Crippen LogP contribution in [0.25, 0.3) is 0 Å². The summed E-state index contributed by atoms with van der Waals surface area (Å²) in [6, 6.07) is 0. The average molecular weight is 145 g/mol. The number of nitrogens with zero attached hydrogens (tertiary/aromatic N) is 1. The van der Waals surface area contributed by atoms with Gasteiger partial charge in [0.1, 0.15) is 0 Å². The van der Waals surface area contributed by atoms with Crippen molar-refractivity contribution in [3.63, 3.8) is 0 Å². The summed E-state index contributed by atoms with van der Waals surface area (Å²) in [5.41, 5.74) is 0. The molecule has 0 fully saturated rings. The monoisotopic (exact) mass is 145 g/mol. The van der Waals surface area contributed by atoms with E-state index in [1.165, 1.54) is 0 Å². The summed E-state index contributed by atoms with van der Waals surface area (Å²) in [6.07, 6.45) is 0. The Bertz CT molecular complexity index is 99.5. The third kappa shape index (κ3) is 11.3. The fourth-order valence-corrected chi connectivity index (χ4v) is 0.108. The van der Waals surface area contributed by atoms with Gasteiger partial charge < -0.3 is 9.94 Å². The molecule has 0 unspecified atom stereocenters. The van der Waals surface area contributed by atoms with Crippen LogP contribution in [0.15, 0.2) is 0 Å². The van der Waals surface area contributed by atoms with Crippen LogP contribution in [0.4, 0.5) is 0 Å². The van der Waals surface area contributed by atoms with Crippen LogP contribution < -0.4 is 0 Å². The Labute approximate surface area is 72.2 Å². The average Bonchev–Trinajstić information content (AvgIpc) is 1.61. The molecule has 6 nitrogen and oxygen atoms in total. The second-order valence-electron chi connectivity index (χ2n) is 0.891. The van der Waals surface area contributed by atoms with Gasteiger partial charge in [0, 0.05) is 0 Å². The SMILES string of the molecule is O=C(O)CO[N+](=O)[O-].[NaH]. The molecular formula is C2H4NNaO5.